The average Bonchev–Trinajstić information content (AvgIpc) is 3.42. The van der Waals surface area contributed by atoms with Gasteiger partial charge in [-0.2, -0.15) is 0 Å². The molecular formula is C20H30N6O2. The number of anilines is 1. The molecule has 0 bridgehead atoms. The van der Waals surface area contributed by atoms with Gasteiger partial charge in [-0.15, -0.1) is 0 Å². The molecule has 1 aromatic rings. The van der Waals surface area contributed by atoms with Gasteiger partial charge in [0.05, 0.1) is 11.5 Å². The van der Waals surface area contributed by atoms with Gasteiger partial charge in [0, 0.05) is 44.6 Å². The Labute approximate surface area is 166 Å². The molecule has 3 heterocycles. The third-order valence-electron chi connectivity index (χ3n) is 6.11. The van der Waals surface area contributed by atoms with Crippen molar-refractivity contribution in [2.45, 2.75) is 51.6 Å². The van der Waals surface area contributed by atoms with Crippen LogP contribution in [-0.4, -0.2) is 65.1 Å². The summed E-state index contributed by atoms with van der Waals surface area (Å²) in [6.07, 6.45) is 7.51. The summed E-state index contributed by atoms with van der Waals surface area (Å²) in [5, 5.41) is 6.15. The Morgan fingerprint density at radius 2 is 2.04 bits per heavy atom. The molecule has 3 amide bonds. The fourth-order valence-corrected chi connectivity index (χ4v) is 4.50. The van der Waals surface area contributed by atoms with Gasteiger partial charge in [-0.25, -0.2) is 14.8 Å². The third-order valence-corrected chi connectivity index (χ3v) is 6.11. The van der Waals surface area contributed by atoms with E-state index in [-0.39, 0.29) is 24.0 Å². The second-order valence-electron chi connectivity index (χ2n) is 8.66. The molecule has 4 rings (SSSR count). The van der Waals surface area contributed by atoms with Gasteiger partial charge < -0.3 is 20.4 Å². The molecule has 2 N–H and O–H groups in total. The summed E-state index contributed by atoms with van der Waals surface area (Å²) in [6, 6.07) is 1.64. The van der Waals surface area contributed by atoms with Crippen LogP contribution in [0.1, 0.15) is 39.5 Å². The number of likely N-dealkylation sites (tertiary alicyclic amines) is 1. The molecule has 3 fully saturated rings. The maximum atomic E-state index is 13.4. The van der Waals surface area contributed by atoms with Crippen molar-refractivity contribution in [3.05, 3.63) is 18.5 Å². The van der Waals surface area contributed by atoms with Crippen LogP contribution in [-0.2, 0) is 4.79 Å². The zero-order valence-electron chi connectivity index (χ0n) is 16.7. The van der Waals surface area contributed by atoms with Gasteiger partial charge in [-0.3, -0.25) is 4.79 Å². The van der Waals surface area contributed by atoms with Crippen molar-refractivity contribution in [2.75, 3.05) is 31.1 Å². The summed E-state index contributed by atoms with van der Waals surface area (Å²) in [7, 11) is 0. The van der Waals surface area contributed by atoms with Crippen LogP contribution in [0.4, 0.5) is 10.7 Å². The Balaban J connectivity index is 1.60. The monoisotopic (exact) mass is 386 g/mol. The Hall–Kier alpha value is -2.38. The maximum Gasteiger partial charge on any atom is 0.317 e. The summed E-state index contributed by atoms with van der Waals surface area (Å²) in [5.41, 5.74) is -0.610. The number of carbonyl (C=O) groups excluding carboxylic acids is 2. The van der Waals surface area contributed by atoms with E-state index < -0.39 is 5.41 Å². The molecule has 0 unspecified atom stereocenters. The van der Waals surface area contributed by atoms with Crippen LogP contribution in [0.5, 0.6) is 0 Å². The van der Waals surface area contributed by atoms with Gasteiger partial charge >= 0.3 is 6.03 Å². The van der Waals surface area contributed by atoms with Gasteiger partial charge in [0.2, 0.25) is 11.9 Å². The number of carbonyl (C=O) groups is 2. The molecule has 0 spiro atoms. The second-order valence-corrected chi connectivity index (χ2v) is 8.66. The normalized spacial score (nSPS) is 26.9. The highest BCUT2D eigenvalue weighted by atomic mass is 16.2. The van der Waals surface area contributed by atoms with E-state index in [2.05, 4.69) is 25.5 Å². The van der Waals surface area contributed by atoms with E-state index in [4.69, 9.17) is 0 Å². The predicted octanol–water partition coefficient (Wildman–Crippen LogP) is 1.39. The first-order chi connectivity index (χ1) is 13.5. The lowest BCUT2D eigenvalue weighted by atomic mass is 9.74. The number of urea groups is 1. The minimum absolute atomic E-state index is 0.0586. The summed E-state index contributed by atoms with van der Waals surface area (Å²) >= 11 is 0. The van der Waals surface area contributed by atoms with Crippen LogP contribution in [0.2, 0.25) is 0 Å². The van der Waals surface area contributed by atoms with Crippen molar-refractivity contribution < 1.29 is 9.59 Å². The van der Waals surface area contributed by atoms with Crippen LogP contribution >= 0.6 is 0 Å². The largest absolute Gasteiger partial charge is 0.355 e. The molecule has 28 heavy (non-hydrogen) atoms. The first kappa shape index (κ1) is 19.0. The van der Waals surface area contributed by atoms with E-state index in [0.717, 1.165) is 25.9 Å². The Kier molecular flexibility index (Phi) is 5.12. The molecule has 0 aromatic carbocycles. The van der Waals surface area contributed by atoms with Crippen LogP contribution < -0.4 is 15.5 Å². The van der Waals surface area contributed by atoms with Crippen molar-refractivity contribution in [1.82, 2.24) is 25.5 Å². The van der Waals surface area contributed by atoms with Gasteiger partial charge in [0.15, 0.2) is 0 Å². The molecule has 8 heteroatoms. The van der Waals surface area contributed by atoms with Crippen molar-refractivity contribution >= 4 is 17.9 Å². The molecule has 2 atom stereocenters. The van der Waals surface area contributed by atoms with Crippen LogP contribution in [0.25, 0.3) is 0 Å². The van der Waals surface area contributed by atoms with Crippen LogP contribution in [0, 0.1) is 11.3 Å². The molecule has 2 aliphatic heterocycles. The number of nitrogens with one attached hydrogen (secondary N) is 2. The quantitative estimate of drug-likeness (QED) is 0.798. The van der Waals surface area contributed by atoms with Crippen molar-refractivity contribution in [1.29, 1.82) is 0 Å². The summed E-state index contributed by atoms with van der Waals surface area (Å²) in [6.45, 7) is 6.38. The molecule has 8 nitrogen and oxygen atoms in total. The Bertz CT molecular complexity index is 723. The molecule has 3 aliphatic rings. The van der Waals surface area contributed by atoms with E-state index in [0.29, 0.717) is 25.0 Å². The first-order valence-corrected chi connectivity index (χ1v) is 10.4. The molecule has 2 saturated heterocycles. The number of hydrogen-bond donors (Lipinski definition) is 2. The summed E-state index contributed by atoms with van der Waals surface area (Å²) < 4.78 is 0. The highest BCUT2D eigenvalue weighted by Gasteiger charge is 2.57. The minimum Gasteiger partial charge on any atom is -0.355 e. The standard InChI is InChI=1S/C20H30N6O2/c1-14(2)24-19(28)25-12-16-20(13-25,17(27)23-11-15-5-6-15)7-3-10-26(16)18-21-8-4-9-22-18/h4,8-9,14-16H,3,5-7,10-13H2,1-2H3,(H,23,27)(H,24,28)/t16-,20-/m1/s1. The van der Waals surface area contributed by atoms with Crippen LogP contribution in [0.3, 0.4) is 0 Å². The summed E-state index contributed by atoms with van der Waals surface area (Å²) in [5.74, 6) is 1.33. The lowest BCUT2D eigenvalue weighted by Gasteiger charge is -2.44. The van der Waals surface area contributed by atoms with E-state index in [1.54, 1.807) is 23.4 Å². The highest BCUT2D eigenvalue weighted by Crippen LogP contribution is 2.43. The van der Waals surface area contributed by atoms with Gasteiger partial charge in [-0.05, 0) is 51.5 Å². The molecule has 1 aliphatic carbocycles. The number of rotatable bonds is 5. The molecule has 0 radical (unpaired) electrons. The Morgan fingerprint density at radius 1 is 1.29 bits per heavy atom. The topological polar surface area (TPSA) is 90.5 Å². The van der Waals surface area contributed by atoms with Crippen molar-refractivity contribution in [3.63, 3.8) is 0 Å². The SMILES string of the molecule is CC(C)NC(=O)N1C[C@H]2N(c3ncccn3)CCC[C@@]2(C(=O)NCC2CC2)C1. The molecular weight excluding hydrogens is 356 g/mol. The smallest absolute Gasteiger partial charge is 0.317 e. The molecule has 1 saturated carbocycles. The predicted molar refractivity (Wildman–Crippen MR) is 106 cm³/mol. The van der Waals surface area contributed by atoms with Gasteiger partial charge in [0.25, 0.3) is 0 Å². The zero-order chi connectivity index (χ0) is 19.7. The zero-order valence-corrected chi connectivity index (χ0v) is 16.7. The fourth-order valence-electron chi connectivity index (χ4n) is 4.50. The highest BCUT2D eigenvalue weighted by molar-refractivity contribution is 5.87. The number of hydrogen-bond acceptors (Lipinski definition) is 5. The number of piperidine rings is 1. The van der Waals surface area contributed by atoms with E-state index in [1.165, 1.54) is 12.8 Å². The number of amides is 3. The van der Waals surface area contributed by atoms with E-state index in [9.17, 15) is 9.59 Å². The molecule has 152 valence electrons. The first-order valence-electron chi connectivity index (χ1n) is 10.4. The maximum absolute atomic E-state index is 13.4. The van der Waals surface area contributed by atoms with Gasteiger partial charge in [-0.1, -0.05) is 0 Å². The lowest BCUT2D eigenvalue weighted by Crippen LogP contribution is -2.59. The second kappa shape index (κ2) is 7.56. The average molecular weight is 387 g/mol. The fraction of sp³-hybridized carbons (Fsp3) is 0.700. The third kappa shape index (κ3) is 3.64. The number of aromatic nitrogens is 2. The number of fused-ring (bicyclic) bond motifs is 1. The van der Waals surface area contributed by atoms with E-state index in [1.807, 2.05) is 13.8 Å². The van der Waals surface area contributed by atoms with Gasteiger partial charge in [0.1, 0.15) is 0 Å². The summed E-state index contributed by atoms with van der Waals surface area (Å²) in [4.78, 5) is 38.8. The number of nitrogens with zero attached hydrogens (tertiary/aromatic N) is 4. The lowest BCUT2D eigenvalue weighted by molar-refractivity contribution is -0.132. The van der Waals surface area contributed by atoms with Crippen molar-refractivity contribution in [2.24, 2.45) is 11.3 Å². The minimum atomic E-state index is -0.610. The molecule has 1 aromatic heterocycles. The van der Waals surface area contributed by atoms with Crippen molar-refractivity contribution in [3.8, 4) is 0 Å². The van der Waals surface area contributed by atoms with Crippen LogP contribution in [0.15, 0.2) is 18.5 Å². The Morgan fingerprint density at radius 3 is 2.71 bits per heavy atom. The van der Waals surface area contributed by atoms with E-state index >= 15 is 0 Å².